The zero-order valence-corrected chi connectivity index (χ0v) is 18.7. The molecule has 0 aliphatic carbocycles. The second-order valence-electron chi connectivity index (χ2n) is 9.12. The number of hydrogen-bond acceptors (Lipinski definition) is 7. The van der Waals surface area contributed by atoms with Gasteiger partial charge in [-0.3, -0.25) is 4.79 Å². The second-order valence-corrected chi connectivity index (χ2v) is 9.12. The third-order valence-corrected chi connectivity index (χ3v) is 5.13. The van der Waals surface area contributed by atoms with Crippen LogP contribution in [0.15, 0.2) is 10.6 Å². The maximum Gasteiger partial charge on any atom is 0.410 e. The van der Waals surface area contributed by atoms with Gasteiger partial charge < -0.3 is 23.8 Å². The van der Waals surface area contributed by atoms with Gasteiger partial charge in [-0.25, -0.2) is 4.79 Å². The number of anilines is 1. The number of piperidine rings is 1. The molecule has 1 aromatic heterocycles. The van der Waals surface area contributed by atoms with Crippen molar-refractivity contribution >= 4 is 17.9 Å². The fraction of sp³-hybridized carbons (Fsp3) is 0.762. The van der Waals surface area contributed by atoms with Crippen molar-refractivity contribution in [3.63, 3.8) is 0 Å². The number of carbonyl (C=O) groups is 2. The summed E-state index contributed by atoms with van der Waals surface area (Å²) in [5.41, 5.74) is -0.475. The quantitative estimate of drug-likeness (QED) is 0.663. The lowest BCUT2D eigenvalue weighted by molar-refractivity contribution is -0.144. The minimum absolute atomic E-state index is 0.0470. The maximum absolute atomic E-state index is 12.2. The fourth-order valence-electron chi connectivity index (χ4n) is 3.56. The molecule has 1 aliphatic heterocycles. The molecule has 1 saturated heterocycles. The van der Waals surface area contributed by atoms with Gasteiger partial charge in [0.2, 0.25) is 0 Å². The topological polar surface area (TPSA) is 85.1 Å². The molecule has 164 valence electrons. The fourth-order valence-corrected chi connectivity index (χ4v) is 3.56. The molecule has 0 saturated carbocycles. The van der Waals surface area contributed by atoms with E-state index in [0.717, 1.165) is 19.4 Å². The molecule has 1 amide bonds. The average molecular weight is 410 g/mol. The average Bonchev–Trinajstić information content (AvgIpc) is 3.10. The van der Waals surface area contributed by atoms with Crippen LogP contribution in [0, 0.1) is 11.8 Å². The Morgan fingerprint density at radius 3 is 2.45 bits per heavy atom. The van der Waals surface area contributed by atoms with E-state index in [1.54, 1.807) is 4.90 Å². The van der Waals surface area contributed by atoms with Crippen molar-refractivity contribution in [2.45, 2.75) is 59.0 Å². The van der Waals surface area contributed by atoms with Gasteiger partial charge in [-0.15, -0.1) is 0 Å². The highest BCUT2D eigenvalue weighted by molar-refractivity contribution is 5.77. The van der Waals surface area contributed by atoms with Gasteiger partial charge in [0.25, 0.3) is 0 Å². The Morgan fingerprint density at radius 2 is 1.93 bits per heavy atom. The number of amides is 1. The van der Waals surface area contributed by atoms with E-state index < -0.39 is 11.5 Å². The lowest BCUT2D eigenvalue weighted by atomic mass is 9.93. The first-order valence-corrected chi connectivity index (χ1v) is 10.2. The van der Waals surface area contributed by atoms with Crippen molar-refractivity contribution in [3.05, 3.63) is 11.8 Å². The number of esters is 1. The molecule has 1 unspecified atom stereocenters. The van der Waals surface area contributed by atoms with Crippen LogP contribution in [0.5, 0.6) is 0 Å². The molecule has 8 heteroatoms. The van der Waals surface area contributed by atoms with Gasteiger partial charge in [0, 0.05) is 32.7 Å². The molecule has 2 heterocycles. The van der Waals surface area contributed by atoms with Crippen molar-refractivity contribution < 1.29 is 23.6 Å². The molecular weight excluding hydrogens is 374 g/mol. The molecule has 1 aromatic rings. The van der Waals surface area contributed by atoms with Crippen LogP contribution in [-0.2, 0) is 14.3 Å². The third-order valence-electron chi connectivity index (χ3n) is 5.13. The molecule has 2 rings (SSSR count). The summed E-state index contributed by atoms with van der Waals surface area (Å²) in [5.74, 6) is 0.926. The van der Waals surface area contributed by atoms with Crippen LogP contribution in [0.25, 0.3) is 0 Å². The number of carbonyl (C=O) groups excluding carboxylic acids is 2. The summed E-state index contributed by atoms with van der Waals surface area (Å²) in [5, 5.41) is 4.14. The van der Waals surface area contributed by atoms with E-state index in [4.69, 9.17) is 14.0 Å². The second kappa shape index (κ2) is 9.50. The van der Waals surface area contributed by atoms with E-state index in [1.807, 2.05) is 52.6 Å². The first-order chi connectivity index (χ1) is 13.5. The van der Waals surface area contributed by atoms with Crippen LogP contribution < -0.4 is 4.90 Å². The molecule has 0 bridgehead atoms. The van der Waals surface area contributed by atoms with Gasteiger partial charge >= 0.3 is 12.1 Å². The van der Waals surface area contributed by atoms with Gasteiger partial charge in [0.05, 0.1) is 7.11 Å². The SMILES string of the molecule is COC(=O)C(c1cc(N(C)CC2CCN(C(=O)OC(C)(C)C)CC2)no1)C(C)C. The lowest BCUT2D eigenvalue weighted by Gasteiger charge is -2.34. The Balaban J connectivity index is 1.90. The number of ether oxygens (including phenoxy) is 2. The first kappa shape index (κ1) is 23.0. The van der Waals surface area contributed by atoms with E-state index in [9.17, 15) is 9.59 Å². The van der Waals surface area contributed by atoms with Gasteiger partial charge in [0.15, 0.2) is 11.6 Å². The molecule has 0 spiro atoms. The highest BCUT2D eigenvalue weighted by Crippen LogP contribution is 2.29. The Labute approximate surface area is 173 Å². The van der Waals surface area contributed by atoms with Gasteiger partial charge in [0.1, 0.15) is 11.5 Å². The van der Waals surface area contributed by atoms with E-state index in [1.165, 1.54) is 7.11 Å². The molecule has 0 aromatic carbocycles. The number of likely N-dealkylation sites (tertiary alicyclic amines) is 1. The van der Waals surface area contributed by atoms with Crippen LogP contribution in [0.1, 0.15) is 59.1 Å². The number of hydrogen-bond donors (Lipinski definition) is 0. The van der Waals surface area contributed by atoms with E-state index in [0.29, 0.717) is 30.6 Å². The first-order valence-electron chi connectivity index (χ1n) is 10.2. The van der Waals surface area contributed by atoms with E-state index >= 15 is 0 Å². The van der Waals surface area contributed by atoms with Crippen LogP contribution in [0.4, 0.5) is 10.6 Å². The Hall–Kier alpha value is -2.25. The normalized spacial score (nSPS) is 16.6. The summed E-state index contributed by atoms with van der Waals surface area (Å²) < 4.78 is 15.8. The minimum atomic E-state index is -0.475. The monoisotopic (exact) mass is 409 g/mol. The zero-order valence-electron chi connectivity index (χ0n) is 18.7. The standard InChI is InChI=1S/C21H35N3O5/c1-14(2)18(19(25)27-7)16-12-17(22-29-16)23(6)13-15-8-10-24(11-9-15)20(26)28-21(3,4)5/h12,14-15,18H,8-11,13H2,1-7H3. The van der Waals surface area contributed by atoms with E-state index in [-0.39, 0.29) is 18.0 Å². The molecule has 1 atom stereocenters. The van der Waals surface area contributed by atoms with Crippen molar-refractivity contribution in [2.75, 3.05) is 38.7 Å². The number of methoxy groups -OCH3 is 1. The Kier molecular flexibility index (Phi) is 7.54. The molecule has 29 heavy (non-hydrogen) atoms. The van der Waals surface area contributed by atoms with Crippen LogP contribution >= 0.6 is 0 Å². The van der Waals surface area contributed by atoms with Crippen molar-refractivity contribution in [1.29, 1.82) is 0 Å². The molecule has 1 fully saturated rings. The molecule has 1 aliphatic rings. The largest absolute Gasteiger partial charge is 0.468 e. The number of aromatic nitrogens is 1. The molecule has 0 radical (unpaired) electrons. The minimum Gasteiger partial charge on any atom is -0.468 e. The van der Waals surface area contributed by atoms with E-state index in [2.05, 4.69) is 5.16 Å². The van der Waals surface area contributed by atoms with Crippen LogP contribution in [0.3, 0.4) is 0 Å². The highest BCUT2D eigenvalue weighted by atomic mass is 16.6. The van der Waals surface area contributed by atoms with Crippen molar-refractivity contribution in [2.24, 2.45) is 11.8 Å². The zero-order chi connectivity index (χ0) is 21.8. The van der Waals surface area contributed by atoms with Crippen molar-refractivity contribution in [3.8, 4) is 0 Å². The summed E-state index contributed by atoms with van der Waals surface area (Å²) in [6.45, 7) is 11.7. The number of rotatable bonds is 6. The summed E-state index contributed by atoms with van der Waals surface area (Å²) in [7, 11) is 3.34. The third kappa shape index (κ3) is 6.37. The summed E-state index contributed by atoms with van der Waals surface area (Å²) in [6.07, 6.45) is 1.57. The summed E-state index contributed by atoms with van der Waals surface area (Å²) in [6, 6.07) is 1.82. The maximum atomic E-state index is 12.2. The summed E-state index contributed by atoms with van der Waals surface area (Å²) >= 11 is 0. The lowest BCUT2D eigenvalue weighted by Crippen LogP contribution is -2.43. The van der Waals surface area contributed by atoms with Gasteiger partial charge in [-0.2, -0.15) is 0 Å². The highest BCUT2D eigenvalue weighted by Gasteiger charge is 2.31. The number of nitrogens with zero attached hydrogens (tertiary/aromatic N) is 3. The Bertz CT molecular complexity index is 687. The van der Waals surface area contributed by atoms with Crippen LogP contribution in [-0.4, -0.2) is 61.5 Å². The predicted octanol–water partition coefficient (Wildman–Crippen LogP) is 3.67. The smallest absolute Gasteiger partial charge is 0.410 e. The van der Waals surface area contributed by atoms with Gasteiger partial charge in [-0.1, -0.05) is 19.0 Å². The molecular formula is C21H35N3O5. The van der Waals surface area contributed by atoms with Gasteiger partial charge in [-0.05, 0) is 45.4 Å². The van der Waals surface area contributed by atoms with Crippen LogP contribution in [0.2, 0.25) is 0 Å². The van der Waals surface area contributed by atoms with Crippen molar-refractivity contribution in [1.82, 2.24) is 10.1 Å². The predicted molar refractivity (Wildman–Crippen MR) is 110 cm³/mol. The molecule has 0 N–H and O–H groups in total. The Morgan fingerprint density at radius 1 is 1.31 bits per heavy atom. The summed E-state index contributed by atoms with van der Waals surface area (Å²) in [4.78, 5) is 28.1. The molecule has 8 nitrogen and oxygen atoms in total.